The maximum Gasteiger partial charge on any atom is 0.153 e. The molecule has 76 valence electrons. The molecule has 0 rings (SSSR count). The molecule has 5 heteroatoms. The van der Waals surface area contributed by atoms with Gasteiger partial charge in [0.2, 0.25) is 0 Å². The molecule has 0 spiro atoms. The molecule has 0 aliphatic rings. The fourth-order valence-electron chi connectivity index (χ4n) is 0.714. The minimum atomic E-state index is -1.56. The average molecular weight is 189 g/mol. The van der Waals surface area contributed by atoms with Crippen molar-refractivity contribution in [1.29, 1.82) is 0 Å². The van der Waals surface area contributed by atoms with Crippen molar-refractivity contribution in [3.05, 3.63) is 0 Å². The normalized spacial score (nSPS) is 20.0. The van der Waals surface area contributed by atoms with Crippen LogP contribution in [0.4, 0.5) is 0 Å². The predicted molar refractivity (Wildman–Crippen MR) is 42.0 cm³/mol. The first-order chi connectivity index (χ1) is 5.95. The minimum Gasteiger partial charge on any atom is -0.852 e. The summed E-state index contributed by atoms with van der Waals surface area (Å²) >= 11 is 0. The third kappa shape index (κ3) is 3.22. The molecular formula is C8H13O5-. The Labute approximate surface area is 76.3 Å². The van der Waals surface area contributed by atoms with Crippen LogP contribution in [0, 0.1) is 0 Å². The third-order valence-corrected chi connectivity index (χ3v) is 1.57. The third-order valence-electron chi connectivity index (χ3n) is 1.57. The van der Waals surface area contributed by atoms with E-state index in [1.54, 1.807) is 0 Å². The quantitative estimate of drug-likeness (QED) is 0.502. The van der Waals surface area contributed by atoms with Gasteiger partial charge in [-0.25, -0.2) is 0 Å². The molecule has 0 aromatic rings. The topological polar surface area (TPSA) is 86.7 Å². The number of aliphatic hydroxyl groups is 1. The van der Waals surface area contributed by atoms with E-state index in [1.807, 2.05) is 0 Å². The van der Waals surface area contributed by atoms with E-state index in [1.165, 1.54) is 13.8 Å². The zero-order chi connectivity index (χ0) is 10.5. The number of rotatable bonds is 6. The Morgan fingerprint density at radius 2 is 1.77 bits per heavy atom. The summed E-state index contributed by atoms with van der Waals surface area (Å²) in [7, 11) is 0. The van der Waals surface area contributed by atoms with Crippen molar-refractivity contribution in [2.24, 2.45) is 0 Å². The Bertz CT molecular complexity index is 173. The van der Waals surface area contributed by atoms with E-state index in [0.29, 0.717) is 12.6 Å². The summed E-state index contributed by atoms with van der Waals surface area (Å²) in [5.41, 5.74) is -3.04. The predicted octanol–water partition coefficient (Wildman–Crippen LogP) is -1.73. The van der Waals surface area contributed by atoms with E-state index in [4.69, 9.17) is 9.84 Å². The molecular weight excluding hydrogens is 176 g/mol. The highest BCUT2D eigenvalue weighted by atomic mass is 16.5. The van der Waals surface area contributed by atoms with Crippen molar-refractivity contribution in [3.63, 3.8) is 0 Å². The van der Waals surface area contributed by atoms with Crippen LogP contribution in [0.3, 0.4) is 0 Å². The van der Waals surface area contributed by atoms with E-state index < -0.39 is 24.4 Å². The van der Waals surface area contributed by atoms with E-state index >= 15 is 0 Å². The van der Waals surface area contributed by atoms with E-state index in [2.05, 4.69) is 0 Å². The number of hydrogen-bond acceptors (Lipinski definition) is 5. The van der Waals surface area contributed by atoms with Crippen molar-refractivity contribution in [3.8, 4) is 0 Å². The largest absolute Gasteiger partial charge is 0.852 e. The van der Waals surface area contributed by atoms with Gasteiger partial charge in [-0.1, -0.05) is 0 Å². The van der Waals surface area contributed by atoms with E-state index in [0.717, 1.165) is 0 Å². The lowest BCUT2D eigenvalue weighted by atomic mass is 10.1. The van der Waals surface area contributed by atoms with E-state index in [-0.39, 0.29) is 0 Å². The van der Waals surface area contributed by atoms with Gasteiger partial charge >= 0.3 is 0 Å². The highest BCUT2D eigenvalue weighted by molar-refractivity contribution is 5.66. The molecule has 0 amide bonds. The second-order valence-electron chi connectivity index (χ2n) is 3.27. The van der Waals surface area contributed by atoms with Gasteiger partial charge in [-0.15, -0.1) is 6.61 Å². The first-order valence-electron chi connectivity index (χ1n) is 3.77. The summed E-state index contributed by atoms with van der Waals surface area (Å²) in [6.07, 6.45) is 0.696. The molecule has 0 heterocycles. The minimum absolute atomic E-state index is 0.331. The van der Waals surface area contributed by atoms with E-state index in [9.17, 15) is 14.7 Å². The van der Waals surface area contributed by atoms with Gasteiger partial charge in [0, 0.05) is 0 Å². The zero-order valence-corrected chi connectivity index (χ0v) is 7.65. The summed E-state index contributed by atoms with van der Waals surface area (Å²) in [4.78, 5) is 20.9. The van der Waals surface area contributed by atoms with Crippen LogP contribution in [0.1, 0.15) is 13.8 Å². The van der Waals surface area contributed by atoms with Gasteiger partial charge in [-0.05, 0) is 13.8 Å². The molecule has 0 aromatic heterocycles. The molecule has 13 heavy (non-hydrogen) atoms. The molecule has 0 saturated carbocycles. The number of aldehydes is 2. The maximum atomic E-state index is 10.5. The summed E-state index contributed by atoms with van der Waals surface area (Å²) in [6.45, 7) is 1.21. The van der Waals surface area contributed by atoms with Crippen molar-refractivity contribution in [1.82, 2.24) is 0 Å². The van der Waals surface area contributed by atoms with Gasteiger partial charge < -0.3 is 24.5 Å². The summed E-state index contributed by atoms with van der Waals surface area (Å²) in [5, 5.41) is 19.3. The molecule has 2 atom stereocenters. The Morgan fingerprint density at radius 3 is 2.00 bits per heavy atom. The molecule has 1 N–H and O–H groups in total. The first kappa shape index (κ1) is 12.2. The lowest BCUT2D eigenvalue weighted by Crippen LogP contribution is -2.50. The van der Waals surface area contributed by atoms with Crippen molar-refractivity contribution in [2.75, 3.05) is 13.2 Å². The second kappa shape index (κ2) is 4.45. The highest BCUT2D eigenvalue weighted by Crippen LogP contribution is 2.16. The van der Waals surface area contributed by atoms with Crippen LogP contribution in [0.5, 0.6) is 0 Å². The van der Waals surface area contributed by atoms with Gasteiger partial charge in [0.05, 0.1) is 6.61 Å². The fraction of sp³-hybridized carbons (Fsp3) is 0.750. The number of aliphatic hydroxyl groups excluding tert-OH is 1. The summed E-state index contributed by atoms with van der Waals surface area (Å²) in [6, 6.07) is 0. The first-order valence-corrected chi connectivity index (χ1v) is 3.77. The van der Waals surface area contributed by atoms with Gasteiger partial charge in [-0.2, -0.15) is 0 Å². The number of ether oxygens (including phenoxy) is 1. The lowest BCUT2D eigenvalue weighted by Gasteiger charge is -2.34. The lowest BCUT2D eigenvalue weighted by molar-refractivity contribution is -0.398. The molecule has 0 aliphatic heterocycles. The fourth-order valence-corrected chi connectivity index (χ4v) is 0.714. The van der Waals surface area contributed by atoms with Gasteiger partial charge in [0.1, 0.15) is 17.5 Å². The monoisotopic (exact) mass is 189 g/mol. The summed E-state index contributed by atoms with van der Waals surface area (Å²) in [5.74, 6) is 0. The molecule has 0 fully saturated rings. The molecule has 0 radical (unpaired) electrons. The van der Waals surface area contributed by atoms with Crippen LogP contribution >= 0.6 is 0 Å². The average Bonchev–Trinajstić information content (AvgIpc) is 2.17. The van der Waals surface area contributed by atoms with Gasteiger partial charge in [-0.3, -0.25) is 0 Å². The molecule has 0 saturated heterocycles. The van der Waals surface area contributed by atoms with Crippen LogP contribution in [0.25, 0.3) is 0 Å². The Balaban J connectivity index is 4.54. The van der Waals surface area contributed by atoms with Gasteiger partial charge in [0.25, 0.3) is 0 Å². The number of carbonyl (C=O) groups excluding carboxylic acids is 2. The van der Waals surface area contributed by atoms with Crippen molar-refractivity contribution < 1.29 is 24.5 Å². The van der Waals surface area contributed by atoms with Crippen LogP contribution in [-0.2, 0) is 14.3 Å². The summed E-state index contributed by atoms with van der Waals surface area (Å²) < 4.78 is 4.92. The van der Waals surface area contributed by atoms with Crippen LogP contribution in [-0.4, -0.2) is 42.1 Å². The van der Waals surface area contributed by atoms with Crippen LogP contribution in [0.15, 0.2) is 0 Å². The zero-order valence-electron chi connectivity index (χ0n) is 7.65. The van der Waals surface area contributed by atoms with Crippen LogP contribution in [0.2, 0.25) is 0 Å². The molecule has 0 aliphatic carbocycles. The standard InChI is InChI=1S/C8H13O5/c1-7(3-9,4-10)13-8(2,5-11)6-12/h3,5,10H,4,6H2,1-2H3/q-1. The smallest absolute Gasteiger partial charge is 0.153 e. The van der Waals surface area contributed by atoms with Crippen LogP contribution < -0.4 is 5.11 Å². The SMILES string of the molecule is CC(C=O)(C[O-])OC(C)(C=O)CO. The maximum absolute atomic E-state index is 10.5. The molecule has 0 bridgehead atoms. The second-order valence-corrected chi connectivity index (χ2v) is 3.27. The Kier molecular flexibility index (Phi) is 4.19. The van der Waals surface area contributed by atoms with Crippen molar-refractivity contribution in [2.45, 2.75) is 25.0 Å². The Hall–Kier alpha value is -0.780. The number of hydrogen-bond donors (Lipinski definition) is 1. The molecule has 5 nitrogen and oxygen atoms in total. The highest BCUT2D eigenvalue weighted by Gasteiger charge is 2.32. The number of carbonyl (C=O) groups is 2. The van der Waals surface area contributed by atoms with Crippen molar-refractivity contribution >= 4 is 12.6 Å². The van der Waals surface area contributed by atoms with Gasteiger partial charge in [0.15, 0.2) is 6.29 Å². The Morgan fingerprint density at radius 1 is 1.31 bits per heavy atom. The molecule has 2 unspecified atom stereocenters. The molecule has 0 aromatic carbocycles.